The number of hydrogen-bond donors (Lipinski definition) is 8. The van der Waals surface area contributed by atoms with Crippen molar-refractivity contribution in [3.05, 3.63) is 97.2 Å². The molecule has 8 N–H and O–H groups in total. The minimum atomic E-state index is -5.39. The largest absolute Gasteiger partial charge is 0.472 e. The second kappa shape index (κ2) is 38.6. The van der Waals surface area contributed by atoms with Crippen LogP contribution in [0.2, 0.25) is 0 Å². The Labute approximate surface area is 403 Å². The molecule has 68 heavy (non-hydrogen) atoms. The SMILES string of the molecule is CCCCC/C=C\C=C/[C@H](O)C/C=C\C/C=C/CCCC(=O)O[C@H](COC(=O)CCC/C=C\C/C=C\C/C=C\C/C=C\CCCCC)COP(=O)(O)O[C@H]1C(O)C(O)C(O)[C@@H](OP(=O)(O)O)C1O. The number of carbonyl (C=O) groups excluding carboxylic acids is 2. The molecule has 9 atom stereocenters. The fourth-order valence-corrected chi connectivity index (χ4v) is 7.98. The first kappa shape index (κ1) is 62.9. The van der Waals surface area contributed by atoms with Crippen molar-refractivity contribution in [1.82, 2.24) is 0 Å². The normalized spacial score (nSPS) is 22.6. The molecular weight excluding hydrogens is 922 g/mol. The summed E-state index contributed by atoms with van der Waals surface area (Å²) >= 11 is 0. The molecule has 1 aliphatic carbocycles. The maximum absolute atomic E-state index is 13.0. The fourth-order valence-electron chi connectivity index (χ4n) is 6.44. The highest BCUT2D eigenvalue weighted by atomic mass is 31.2. The first-order chi connectivity index (χ1) is 32.5. The molecule has 0 spiro atoms. The molecule has 1 saturated carbocycles. The van der Waals surface area contributed by atoms with E-state index >= 15 is 0 Å². The van der Waals surface area contributed by atoms with E-state index in [1.54, 1.807) is 6.08 Å². The van der Waals surface area contributed by atoms with Gasteiger partial charge >= 0.3 is 27.6 Å². The van der Waals surface area contributed by atoms with Crippen LogP contribution in [-0.2, 0) is 41.8 Å². The molecule has 0 aromatic carbocycles. The van der Waals surface area contributed by atoms with E-state index in [2.05, 4.69) is 60.9 Å². The third-order valence-electron chi connectivity index (χ3n) is 10.2. The predicted molar refractivity (Wildman–Crippen MR) is 261 cm³/mol. The number of carbonyl (C=O) groups is 2. The quantitative estimate of drug-likeness (QED) is 0.00953. The molecule has 0 bridgehead atoms. The van der Waals surface area contributed by atoms with Gasteiger partial charge in [0.1, 0.15) is 43.2 Å². The summed E-state index contributed by atoms with van der Waals surface area (Å²) in [5.74, 6) is -1.39. The van der Waals surface area contributed by atoms with Gasteiger partial charge in [-0.1, -0.05) is 137 Å². The highest BCUT2D eigenvalue weighted by molar-refractivity contribution is 7.47. The van der Waals surface area contributed by atoms with Crippen molar-refractivity contribution in [2.45, 2.75) is 185 Å². The van der Waals surface area contributed by atoms with Crippen LogP contribution in [0.5, 0.6) is 0 Å². The van der Waals surface area contributed by atoms with Crippen LogP contribution in [0.25, 0.3) is 0 Å². The van der Waals surface area contributed by atoms with E-state index in [0.29, 0.717) is 38.5 Å². The van der Waals surface area contributed by atoms with Crippen LogP contribution in [0.1, 0.15) is 136 Å². The van der Waals surface area contributed by atoms with Crippen LogP contribution >= 0.6 is 15.6 Å². The maximum atomic E-state index is 13.0. The standard InChI is InChI=1S/C49H80O17P2/c1-3-5-7-9-11-12-13-14-15-16-17-18-19-20-24-28-32-36-42(51)62-38-41(39-63-68(60,61)66-49-46(55)44(53)45(54)48(47(49)56)65-67(57,58)59)64-43(52)37-33-29-25-21-23-27-31-35-40(50)34-30-26-22-10-8-6-4-2/h11-12,14-15,17-18,20-22,24-27,30-31,34,40-41,44-50,53-56H,3-10,13,16,19,23,28-29,32-33,35-39H2,1-2H3,(H,60,61)(H2,57,58,59)/b12-11-,15-14-,18-17-,24-20-,25-21+,26-22-,31-27-,34-30-/t40-,41+,44?,45?,46?,47?,48+,49-/m0/s1. The number of esters is 2. The van der Waals surface area contributed by atoms with Crippen molar-refractivity contribution < 1.29 is 82.0 Å². The van der Waals surface area contributed by atoms with Crippen molar-refractivity contribution in [3.63, 3.8) is 0 Å². The Balaban J connectivity index is 2.71. The van der Waals surface area contributed by atoms with Crippen molar-refractivity contribution in [2.75, 3.05) is 13.2 Å². The molecule has 5 unspecified atom stereocenters. The van der Waals surface area contributed by atoms with Crippen LogP contribution in [0.15, 0.2) is 97.2 Å². The summed E-state index contributed by atoms with van der Waals surface area (Å²) in [5, 5.41) is 51.3. The summed E-state index contributed by atoms with van der Waals surface area (Å²) in [6, 6.07) is 0. The lowest BCUT2D eigenvalue weighted by atomic mass is 9.85. The van der Waals surface area contributed by atoms with E-state index in [1.807, 2.05) is 48.6 Å². The molecular formula is C49H80O17P2. The first-order valence-corrected chi connectivity index (χ1v) is 26.9. The molecule has 0 radical (unpaired) electrons. The number of hydrogen-bond acceptors (Lipinski definition) is 14. The number of allylic oxidation sites excluding steroid dienone is 14. The molecule has 388 valence electrons. The summed E-state index contributed by atoms with van der Waals surface area (Å²) in [6.07, 6.45) is 31.1. The zero-order valence-corrected chi connectivity index (χ0v) is 41.6. The minimum Gasteiger partial charge on any atom is -0.462 e. The van der Waals surface area contributed by atoms with Crippen LogP contribution in [0, 0.1) is 0 Å². The Morgan fingerprint density at radius 1 is 0.544 bits per heavy atom. The topological polar surface area (TPSA) is 276 Å². The minimum absolute atomic E-state index is 0.0145. The molecule has 0 amide bonds. The second-order valence-electron chi connectivity index (χ2n) is 16.3. The van der Waals surface area contributed by atoms with E-state index in [4.69, 9.17) is 18.5 Å². The summed E-state index contributed by atoms with van der Waals surface area (Å²) in [5.41, 5.74) is 0. The summed E-state index contributed by atoms with van der Waals surface area (Å²) < 4.78 is 49.2. The van der Waals surface area contributed by atoms with Gasteiger partial charge in [-0.25, -0.2) is 9.13 Å². The van der Waals surface area contributed by atoms with Crippen LogP contribution in [0.4, 0.5) is 0 Å². The molecule has 0 aromatic heterocycles. The van der Waals surface area contributed by atoms with Gasteiger partial charge in [0, 0.05) is 12.8 Å². The van der Waals surface area contributed by atoms with Gasteiger partial charge in [-0.15, -0.1) is 0 Å². The van der Waals surface area contributed by atoms with E-state index < -0.39 is 89.6 Å². The van der Waals surface area contributed by atoms with Crippen LogP contribution < -0.4 is 0 Å². The number of ether oxygens (including phenoxy) is 2. The van der Waals surface area contributed by atoms with Gasteiger partial charge in [0.2, 0.25) is 0 Å². The lowest BCUT2D eigenvalue weighted by Gasteiger charge is -2.43. The zero-order chi connectivity index (χ0) is 50.5. The maximum Gasteiger partial charge on any atom is 0.472 e. The van der Waals surface area contributed by atoms with E-state index in [0.717, 1.165) is 38.5 Å². The molecule has 17 nitrogen and oxygen atoms in total. The van der Waals surface area contributed by atoms with E-state index in [-0.39, 0.29) is 12.8 Å². The Kier molecular flexibility index (Phi) is 35.7. The monoisotopic (exact) mass is 1000 g/mol. The van der Waals surface area contributed by atoms with Gasteiger partial charge in [0.25, 0.3) is 0 Å². The van der Waals surface area contributed by atoms with E-state index in [1.165, 1.54) is 32.1 Å². The van der Waals surface area contributed by atoms with Crippen LogP contribution in [-0.4, -0.2) is 114 Å². The molecule has 1 rings (SSSR count). The lowest BCUT2D eigenvalue weighted by Crippen LogP contribution is -2.64. The molecule has 1 fully saturated rings. The fraction of sp³-hybridized carbons (Fsp3) is 0.633. The zero-order valence-electron chi connectivity index (χ0n) is 39.9. The van der Waals surface area contributed by atoms with Crippen LogP contribution in [0.3, 0.4) is 0 Å². The number of phosphoric ester groups is 2. The number of rotatable bonds is 38. The molecule has 0 aromatic rings. The molecule has 0 aliphatic heterocycles. The summed E-state index contributed by atoms with van der Waals surface area (Å²) in [7, 11) is -10.7. The van der Waals surface area contributed by atoms with Gasteiger partial charge in [-0.3, -0.25) is 23.2 Å². The van der Waals surface area contributed by atoms with Gasteiger partial charge in [0.05, 0.1) is 12.7 Å². The smallest absolute Gasteiger partial charge is 0.462 e. The highest BCUT2D eigenvalue weighted by Gasteiger charge is 2.54. The summed E-state index contributed by atoms with van der Waals surface area (Å²) in [6.45, 7) is 2.87. The number of aliphatic hydroxyl groups is 5. The average Bonchev–Trinajstić information content (AvgIpc) is 3.29. The Bertz CT molecular complexity index is 1700. The molecule has 1 aliphatic rings. The van der Waals surface area contributed by atoms with Gasteiger partial charge in [-0.05, 0) is 83.5 Å². The predicted octanol–water partition coefficient (Wildman–Crippen LogP) is 8.14. The number of unbranched alkanes of at least 4 members (excludes halogenated alkanes) is 8. The molecule has 19 heteroatoms. The van der Waals surface area contributed by atoms with E-state index in [9.17, 15) is 58.9 Å². The van der Waals surface area contributed by atoms with Crippen molar-refractivity contribution >= 4 is 27.6 Å². The third kappa shape index (κ3) is 32.6. The number of phosphoric acid groups is 2. The molecule has 0 saturated heterocycles. The highest BCUT2D eigenvalue weighted by Crippen LogP contribution is 2.49. The van der Waals surface area contributed by atoms with Gasteiger partial charge < -0.3 is 49.7 Å². The lowest BCUT2D eigenvalue weighted by molar-refractivity contribution is -0.216. The Morgan fingerprint density at radius 3 is 1.54 bits per heavy atom. The van der Waals surface area contributed by atoms with Crippen molar-refractivity contribution in [2.24, 2.45) is 0 Å². The van der Waals surface area contributed by atoms with Gasteiger partial charge in [-0.2, -0.15) is 0 Å². The Morgan fingerprint density at radius 2 is 1.01 bits per heavy atom. The third-order valence-corrected chi connectivity index (χ3v) is 11.7. The number of aliphatic hydroxyl groups excluding tert-OH is 5. The summed E-state index contributed by atoms with van der Waals surface area (Å²) in [4.78, 5) is 54.3. The second-order valence-corrected chi connectivity index (χ2v) is 18.9. The average molecular weight is 1000 g/mol. The molecule has 0 heterocycles. The Hall–Kier alpha value is -3.12. The van der Waals surface area contributed by atoms with Crippen molar-refractivity contribution in [1.29, 1.82) is 0 Å². The van der Waals surface area contributed by atoms with Gasteiger partial charge in [0.15, 0.2) is 6.10 Å². The van der Waals surface area contributed by atoms with Crippen molar-refractivity contribution in [3.8, 4) is 0 Å². The first-order valence-electron chi connectivity index (χ1n) is 23.9.